The molecular weight excluding hydrogens is 263 g/mol. The first-order chi connectivity index (χ1) is 10.1. The Hall–Kier alpha value is -1.87. The lowest BCUT2D eigenvalue weighted by Crippen LogP contribution is -2.25. The van der Waals surface area contributed by atoms with Crippen LogP contribution in [0.1, 0.15) is 36.1 Å². The summed E-state index contributed by atoms with van der Waals surface area (Å²) in [5, 5.41) is 0. The van der Waals surface area contributed by atoms with E-state index in [0.717, 1.165) is 37.2 Å². The van der Waals surface area contributed by atoms with Crippen molar-refractivity contribution in [1.29, 1.82) is 0 Å². The van der Waals surface area contributed by atoms with Crippen molar-refractivity contribution in [2.45, 2.75) is 32.4 Å². The Morgan fingerprint density at radius 3 is 2.67 bits per heavy atom. The number of hydrogen-bond acceptors (Lipinski definition) is 2. The maximum absolute atomic E-state index is 13.5. The first-order valence-electron chi connectivity index (χ1n) is 7.52. The molecular formula is C18H21FN2. The number of fused-ring (bicyclic) bond motifs is 1. The summed E-state index contributed by atoms with van der Waals surface area (Å²) in [6, 6.07) is 13.4. The molecule has 1 atom stereocenters. The van der Waals surface area contributed by atoms with Gasteiger partial charge < -0.3 is 10.6 Å². The van der Waals surface area contributed by atoms with Crippen molar-refractivity contribution in [1.82, 2.24) is 0 Å². The van der Waals surface area contributed by atoms with Gasteiger partial charge in [-0.05, 0) is 54.7 Å². The lowest BCUT2D eigenvalue weighted by Gasteiger charge is -2.27. The number of halogens is 1. The molecule has 2 aromatic carbocycles. The highest BCUT2D eigenvalue weighted by Gasteiger charge is 2.18. The number of rotatable bonds is 2. The second-order valence-electron chi connectivity index (χ2n) is 5.79. The van der Waals surface area contributed by atoms with E-state index >= 15 is 0 Å². The van der Waals surface area contributed by atoms with Gasteiger partial charge in [-0.1, -0.05) is 24.3 Å². The molecule has 0 spiro atoms. The van der Waals surface area contributed by atoms with E-state index in [-0.39, 0.29) is 11.9 Å². The van der Waals surface area contributed by atoms with E-state index in [2.05, 4.69) is 29.2 Å². The van der Waals surface area contributed by atoms with Crippen molar-refractivity contribution in [2.75, 3.05) is 11.4 Å². The van der Waals surface area contributed by atoms with Crippen LogP contribution in [0.2, 0.25) is 0 Å². The van der Waals surface area contributed by atoms with Crippen molar-refractivity contribution < 1.29 is 4.39 Å². The van der Waals surface area contributed by atoms with Crippen LogP contribution in [0.3, 0.4) is 0 Å². The van der Waals surface area contributed by atoms with Crippen molar-refractivity contribution in [3.05, 3.63) is 65.0 Å². The van der Waals surface area contributed by atoms with Gasteiger partial charge in [0.05, 0.1) is 0 Å². The van der Waals surface area contributed by atoms with Gasteiger partial charge in [-0.2, -0.15) is 0 Å². The average Bonchev–Trinajstić information content (AvgIpc) is 2.69. The number of benzene rings is 2. The fourth-order valence-electron chi connectivity index (χ4n) is 3.08. The topological polar surface area (TPSA) is 29.3 Å². The van der Waals surface area contributed by atoms with Crippen molar-refractivity contribution in [3.8, 4) is 0 Å². The standard InChI is InChI=1S/C18H21FN2/c1-13(20)17-11-16(19)8-9-18(17)21-10-4-7-14-5-2-3-6-15(14)12-21/h2-3,5-6,8-9,11,13H,4,7,10,12,20H2,1H3/t13-/m0/s1. The minimum absolute atomic E-state index is 0.172. The summed E-state index contributed by atoms with van der Waals surface area (Å²) >= 11 is 0. The van der Waals surface area contributed by atoms with Gasteiger partial charge in [0.2, 0.25) is 0 Å². The lowest BCUT2D eigenvalue weighted by molar-refractivity contribution is 0.621. The van der Waals surface area contributed by atoms with Crippen LogP contribution in [0.4, 0.5) is 10.1 Å². The second-order valence-corrected chi connectivity index (χ2v) is 5.79. The molecule has 0 aliphatic carbocycles. The van der Waals surface area contributed by atoms with Crippen LogP contribution in [-0.4, -0.2) is 6.54 Å². The van der Waals surface area contributed by atoms with Crippen LogP contribution < -0.4 is 10.6 Å². The third-order valence-electron chi connectivity index (χ3n) is 4.17. The summed E-state index contributed by atoms with van der Waals surface area (Å²) in [4.78, 5) is 2.32. The van der Waals surface area contributed by atoms with E-state index in [1.165, 1.54) is 17.2 Å². The van der Waals surface area contributed by atoms with Crippen LogP contribution >= 0.6 is 0 Å². The molecule has 0 aromatic heterocycles. The predicted molar refractivity (Wildman–Crippen MR) is 84.8 cm³/mol. The summed E-state index contributed by atoms with van der Waals surface area (Å²) in [7, 11) is 0. The summed E-state index contributed by atoms with van der Waals surface area (Å²) in [6.07, 6.45) is 2.20. The molecule has 2 aromatic rings. The lowest BCUT2D eigenvalue weighted by atomic mass is 10.0. The first-order valence-corrected chi connectivity index (χ1v) is 7.52. The van der Waals surface area contributed by atoms with Gasteiger partial charge in [0.15, 0.2) is 0 Å². The Bertz CT molecular complexity index is 637. The molecule has 2 N–H and O–H groups in total. The Balaban J connectivity index is 1.98. The smallest absolute Gasteiger partial charge is 0.123 e. The SMILES string of the molecule is C[C@H](N)c1cc(F)ccc1N1CCCc2ccccc2C1. The van der Waals surface area contributed by atoms with Crippen molar-refractivity contribution in [2.24, 2.45) is 5.73 Å². The summed E-state index contributed by atoms with van der Waals surface area (Å²) in [6.45, 7) is 3.74. The van der Waals surface area contributed by atoms with Crippen LogP contribution in [0.5, 0.6) is 0 Å². The molecule has 1 aliphatic heterocycles. The maximum Gasteiger partial charge on any atom is 0.123 e. The average molecular weight is 284 g/mol. The Morgan fingerprint density at radius 1 is 1.14 bits per heavy atom. The molecule has 21 heavy (non-hydrogen) atoms. The number of nitrogens with two attached hydrogens (primary N) is 1. The normalized spacial score (nSPS) is 16.2. The molecule has 110 valence electrons. The van der Waals surface area contributed by atoms with E-state index in [1.54, 1.807) is 6.07 Å². The zero-order chi connectivity index (χ0) is 14.8. The highest BCUT2D eigenvalue weighted by molar-refractivity contribution is 5.56. The molecule has 3 heteroatoms. The predicted octanol–water partition coefficient (Wildman–Crippen LogP) is 3.80. The summed E-state index contributed by atoms with van der Waals surface area (Å²) < 4.78 is 13.5. The Labute approximate surface area is 125 Å². The van der Waals surface area contributed by atoms with Gasteiger partial charge >= 0.3 is 0 Å². The van der Waals surface area contributed by atoms with Gasteiger partial charge in [-0.25, -0.2) is 4.39 Å². The molecule has 1 heterocycles. The highest BCUT2D eigenvalue weighted by Crippen LogP contribution is 2.30. The monoisotopic (exact) mass is 284 g/mol. The fraction of sp³-hybridized carbons (Fsp3) is 0.333. The summed E-state index contributed by atoms with van der Waals surface area (Å²) in [5.74, 6) is -0.221. The molecule has 3 rings (SSSR count). The molecule has 0 saturated carbocycles. The zero-order valence-electron chi connectivity index (χ0n) is 12.3. The number of hydrogen-bond donors (Lipinski definition) is 1. The largest absolute Gasteiger partial charge is 0.367 e. The fourth-order valence-corrected chi connectivity index (χ4v) is 3.08. The van der Waals surface area contributed by atoms with Crippen molar-refractivity contribution >= 4 is 5.69 Å². The van der Waals surface area contributed by atoms with Crippen LogP contribution in [0, 0.1) is 5.82 Å². The zero-order valence-corrected chi connectivity index (χ0v) is 12.3. The molecule has 0 fully saturated rings. The summed E-state index contributed by atoms with van der Waals surface area (Å²) in [5.41, 5.74) is 10.7. The second kappa shape index (κ2) is 5.86. The molecule has 0 bridgehead atoms. The van der Waals surface area contributed by atoms with Crippen LogP contribution in [0.25, 0.3) is 0 Å². The molecule has 1 aliphatic rings. The molecule has 0 radical (unpaired) electrons. The quantitative estimate of drug-likeness (QED) is 0.909. The Kier molecular flexibility index (Phi) is 3.93. The molecule has 0 unspecified atom stereocenters. The van der Waals surface area contributed by atoms with Gasteiger partial charge in [-0.15, -0.1) is 0 Å². The van der Waals surface area contributed by atoms with Crippen LogP contribution in [0.15, 0.2) is 42.5 Å². The third kappa shape index (κ3) is 2.93. The van der Waals surface area contributed by atoms with Crippen LogP contribution in [-0.2, 0) is 13.0 Å². The number of aryl methyl sites for hydroxylation is 1. The highest BCUT2D eigenvalue weighted by atomic mass is 19.1. The van der Waals surface area contributed by atoms with Gasteiger partial charge in [0.1, 0.15) is 5.82 Å². The molecule has 0 saturated heterocycles. The number of nitrogens with zero attached hydrogens (tertiary/aromatic N) is 1. The first kappa shape index (κ1) is 14.1. The van der Waals surface area contributed by atoms with Crippen molar-refractivity contribution in [3.63, 3.8) is 0 Å². The van der Waals surface area contributed by atoms with Gasteiger partial charge in [-0.3, -0.25) is 0 Å². The van der Waals surface area contributed by atoms with Gasteiger partial charge in [0.25, 0.3) is 0 Å². The molecule has 0 amide bonds. The third-order valence-corrected chi connectivity index (χ3v) is 4.17. The minimum atomic E-state index is -0.221. The van der Waals surface area contributed by atoms with E-state index in [4.69, 9.17) is 5.73 Å². The van der Waals surface area contributed by atoms with E-state index < -0.39 is 0 Å². The van der Waals surface area contributed by atoms with E-state index in [1.807, 2.05) is 13.0 Å². The Morgan fingerprint density at radius 2 is 1.90 bits per heavy atom. The van der Waals surface area contributed by atoms with E-state index in [9.17, 15) is 4.39 Å². The van der Waals surface area contributed by atoms with Gasteiger partial charge in [0, 0.05) is 24.8 Å². The minimum Gasteiger partial charge on any atom is -0.367 e. The number of anilines is 1. The maximum atomic E-state index is 13.5. The van der Waals surface area contributed by atoms with E-state index in [0.29, 0.717) is 0 Å². The molecule has 2 nitrogen and oxygen atoms in total.